The summed E-state index contributed by atoms with van der Waals surface area (Å²) in [5, 5.41) is 9.10. The molecule has 4 rings (SSSR count). The van der Waals surface area contributed by atoms with Crippen LogP contribution < -0.4 is 9.64 Å². The third-order valence-electron chi connectivity index (χ3n) is 7.00. The zero-order valence-electron chi connectivity index (χ0n) is 19.8. The van der Waals surface area contributed by atoms with E-state index in [4.69, 9.17) is 14.7 Å². The van der Waals surface area contributed by atoms with E-state index in [9.17, 15) is 18.0 Å². The number of alkyl halides is 3. The van der Waals surface area contributed by atoms with Crippen molar-refractivity contribution in [3.63, 3.8) is 0 Å². The van der Waals surface area contributed by atoms with E-state index in [0.717, 1.165) is 18.1 Å². The van der Waals surface area contributed by atoms with E-state index >= 15 is 0 Å². The number of carbonyl (C=O) groups excluding carboxylic acids is 1. The van der Waals surface area contributed by atoms with E-state index in [0.29, 0.717) is 44.2 Å². The largest absolute Gasteiger partial charge is 0.484 e. The Morgan fingerprint density at radius 3 is 2.71 bits per heavy atom. The molecular formula is C26H28F3N3O3. The summed E-state index contributed by atoms with van der Waals surface area (Å²) >= 11 is 0. The van der Waals surface area contributed by atoms with Crippen LogP contribution in [0.1, 0.15) is 23.1 Å². The van der Waals surface area contributed by atoms with Gasteiger partial charge in [-0.25, -0.2) is 0 Å². The summed E-state index contributed by atoms with van der Waals surface area (Å²) in [6.45, 7) is 4.28. The molecule has 35 heavy (non-hydrogen) atoms. The van der Waals surface area contributed by atoms with Crippen LogP contribution in [0.4, 0.5) is 18.9 Å². The minimum atomic E-state index is -4.61. The Morgan fingerprint density at radius 2 is 2.03 bits per heavy atom. The van der Waals surface area contributed by atoms with Crippen LogP contribution >= 0.6 is 0 Å². The lowest BCUT2D eigenvalue weighted by Gasteiger charge is -2.43. The van der Waals surface area contributed by atoms with Gasteiger partial charge in [0.2, 0.25) is 0 Å². The summed E-state index contributed by atoms with van der Waals surface area (Å²) in [5.74, 6) is 0.666. The summed E-state index contributed by atoms with van der Waals surface area (Å²) in [6.07, 6.45) is -3.89. The molecule has 2 aromatic rings. The molecule has 0 saturated carbocycles. The number of piperidine rings is 1. The van der Waals surface area contributed by atoms with Gasteiger partial charge in [-0.2, -0.15) is 18.4 Å². The van der Waals surface area contributed by atoms with Crippen LogP contribution in [0.2, 0.25) is 0 Å². The lowest BCUT2D eigenvalue weighted by molar-refractivity contribution is -0.139. The third-order valence-corrected chi connectivity index (χ3v) is 7.00. The normalized spacial score (nSPS) is 22.0. The summed E-state index contributed by atoms with van der Waals surface area (Å²) < 4.78 is 51.8. The molecule has 0 aliphatic carbocycles. The standard InChI is InChI=1S/C26H28F3N3O3/c1-18-4-3-5-22(10-18)35-14-24(33)31-9-8-20-13-32(16-25(20,15-31)17-34-2)21-7-6-19(12-30)23(11-21)26(27,28)29/h3-7,10-11,20H,8-9,13-17H2,1-2H3/t20-,25+/m1/s1. The van der Waals surface area contributed by atoms with Gasteiger partial charge in [0.05, 0.1) is 23.8 Å². The Kier molecular flexibility index (Phi) is 6.95. The number of rotatable bonds is 6. The van der Waals surface area contributed by atoms with E-state index in [1.165, 1.54) is 6.07 Å². The van der Waals surface area contributed by atoms with E-state index in [1.807, 2.05) is 30.0 Å². The minimum Gasteiger partial charge on any atom is -0.484 e. The fourth-order valence-electron chi connectivity index (χ4n) is 5.29. The fourth-order valence-corrected chi connectivity index (χ4v) is 5.29. The van der Waals surface area contributed by atoms with Crippen LogP contribution in [0.3, 0.4) is 0 Å². The van der Waals surface area contributed by atoms with Crippen molar-refractivity contribution in [2.24, 2.45) is 11.3 Å². The lowest BCUT2D eigenvalue weighted by Crippen LogP contribution is -2.53. The Balaban J connectivity index is 1.50. The highest BCUT2D eigenvalue weighted by atomic mass is 19.4. The number of nitriles is 1. The van der Waals surface area contributed by atoms with Gasteiger partial charge in [0.15, 0.2) is 6.61 Å². The second-order valence-electron chi connectivity index (χ2n) is 9.42. The number of hydrogen-bond donors (Lipinski definition) is 0. The van der Waals surface area contributed by atoms with Gasteiger partial charge in [0, 0.05) is 44.4 Å². The van der Waals surface area contributed by atoms with Gasteiger partial charge in [0.25, 0.3) is 5.91 Å². The average molecular weight is 488 g/mol. The van der Waals surface area contributed by atoms with Gasteiger partial charge >= 0.3 is 6.18 Å². The Hall–Kier alpha value is -3.25. The molecule has 0 radical (unpaired) electrons. The van der Waals surface area contributed by atoms with Crippen molar-refractivity contribution in [2.45, 2.75) is 19.5 Å². The number of benzene rings is 2. The molecule has 186 valence electrons. The molecule has 2 heterocycles. The Morgan fingerprint density at radius 1 is 1.23 bits per heavy atom. The predicted octanol–water partition coefficient (Wildman–Crippen LogP) is 4.27. The number of amides is 1. The molecule has 2 saturated heterocycles. The fraction of sp³-hybridized carbons (Fsp3) is 0.462. The number of fused-ring (bicyclic) bond motifs is 1. The molecule has 0 aromatic heterocycles. The minimum absolute atomic E-state index is 0.0779. The monoisotopic (exact) mass is 487 g/mol. The zero-order chi connectivity index (χ0) is 25.2. The first-order valence-electron chi connectivity index (χ1n) is 11.5. The van der Waals surface area contributed by atoms with E-state index in [2.05, 4.69) is 0 Å². The number of nitrogens with zero attached hydrogens (tertiary/aromatic N) is 3. The van der Waals surface area contributed by atoms with Gasteiger partial charge < -0.3 is 19.3 Å². The summed E-state index contributed by atoms with van der Waals surface area (Å²) in [4.78, 5) is 16.6. The van der Waals surface area contributed by atoms with Gasteiger partial charge in [0.1, 0.15) is 5.75 Å². The van der Waals surface area contributed by atoms with Crippen molar-refractivity contribution in [2.75, 3.05) is 51.4 Å². The molecule has 9 heteroatoms. The number of ether oxygens (including phenoxy) is 2. The molecule has 2 aromatic carbocycles. The topological polar surface area (TPSA) is 65.8 Å². The van der Waals surface area contributed by atoms with Crippen molar-refractivity contribution in [3.8, 4) is 11.8 Å². The number of hydrogen-bond acceptors (Lipinski definition) is 5. The van der Waals surface area contributed by atoms with Crippen LogP contribution in [-0.4, -0.2) is 57.3 Å². The molecule has 0 unspecified atom stereocenters. The summed E-state index contributed by atoms with van der Waals surface area (Å²) in [6, 6.07) is 13.0. The third kappa shape index (κ3) is 5.22. The Labute approximate surface area is 202 Å². The van der Waals surface area contributed by atoms with E-state index < -0.39 is 22.7 Å². The maximum Gasteiger partial charge on any atom is 0.417 e. The maximum atomic E-state index is 13.5. The highest BCUT2D eigenvalue weighted by Gasteiger charge is 2.51. The lowest BCUT2D eigenvalue weighted by atomic mass is 9.74. The van der Waals surface area contributed by atoms with Gasteiger partial charge in [-0.3, -0.25) is 4.79 Å². The van der Waals surface area contributed by atoms with Crippen molar-refractivity contribution in [3.05, 3.63) is 59.2 Å². The van der Waals surface area contributed by atoms with Crippen LogP contribution in [0.25, 0.3) is 0 Å². The quantitative estimate of drug-likeness (QED) is 0.609. The molecular weight excluding hydrogens is 459 g/mol. The van der Waals surface area contributed by atoms with Crippen LogP contribution in [-0.2, 0) is 15.7 Å². The van der Waals surface area contributed by atoms with Crippen LogP contribution in [0.5, 0.6) is 5.75 Å². The van der Waals surface area contributed by atoms with E-state index in [1.54, 1.807) is 30.2 Å². The van der Waals surface area contributed by atoms with Crippen molar-refractivity contribution < 1.29 is 27.4 Å². The molecule has 1 amide bonds. The number of methoxy groups -OCH3 is 1. The van der Waals surface area contributed by atoms with Crippen molar-refractivity contribution in [1.82, 2.24) is 4.90 Å². The van der Waals surface area contributed by atoms with Crippen LogP contribution in [0.15, 0.2) is 42.5 Å². The van der Waals surface area contributed by atoms with E-state index in [-0.39, 0.29) is 18.4 Å². The molecule has 0 bridgehead atoms. The maximum absolute atomic E-state index is 13.5. The number of carbonyl (C=O) groups is 1. The molecule has 2 aliphatic rings. The Bertz CT molecular complexity index is 1130. The SMILES string of the molecule is COC[C@@]12CN(C(=O)COc3cccc(C)c3)CC[C@@H]1CN(c1ccc(C#N)c(C(F)(F)F)c1)C2. The van der Waals surface area contributed by atoms with Gasteiger partial charge in [-0.15, -0.1) is 0 Å². The smallest absolute Gasteiger partial charge is 0.417 e. The summed E-state index contributed by atoms with van der Waals surface area (Å²) in [5.41, 5.74) is -0.273. The number of aryl methyl sites for hydroxylation is 1. The van der Waals surface area contributed by atoms with Crippen molar-refractivity contribution in [1.29, 1.82) is 5.26 Å². The average Bonchev–Trinajstić information content (AvgIpc) is 3.20. The first-order chi connectivity index (χ1) is 16.6. The molecule has 0 N–H and O–H groups in total. The molecule has 2 atom stereocenters. The first-order valence-corrected chi connectivity index (χ1v) is 11.5. The van der Waals surface area contributed by atoms with Crippen molar-refractivity contribution >= 4 is 11.6 Å². The van der Waals surface area contributed by atoms with Gasteiger partial charge in [-0.1, -0.05) is 12.1 Å². The molecule has 0 spiro atoms. The van der Waals surface area contributed by atoms with Crippen LogP contribution in [0, 0.1) is 29.6 Å². The first kappa shape index (κ1) is 24.9. The number of anilines is 1. The summed E-state index contributed by atoms with van der Waals surface area (Å²) in [7, 11) is 1.60. The molecule has 6 nitrogen and oxygen atoms in total. The van der Waals surface area contributed by atoms with Gasteiger partial charge in [-0.05, 0) is 55.2 Å². The number of halogens is 3. The zero-order valence-corrected chi connectivity index (χ0v) is 19.8. The molecule has 2 aliphatic heterocycles. The molecule has 2 fully saturated rings. The second kappa shape index (κ2) is 9.78. The second-order valence-corrected chi connectivity index (χ2v) is 9.42. The predicted molar refractivity (Wildman–Crippen MR) is 124 cm³/mol. The number of likely N-dealkylation sites (tertiary alicyclic amines) is 1. The highest BCUT2D eigenvalue weighted by molar-refractivity contribution is 5.78. The highest BCUT2D eigenvalue weighted by Crippen LogP contribution is 2.45.